The number of hydrogen-bond donors (Lipinski definition) is 0. The summed E-state index contributed by atoms with van der Waals surface area (Å²) in [6.45, 7) is 2.38. The first kappa shape index (κ1) is 13.9. The number of benzene rings is 1. The van der Waals surface area contributed by atoms with Gasteiger partial charge in [0.25, 0.3) is 5.91 Å². The lowest BCUT2D eigenvalue weighted by atomic mass is 10.2. The zero-order valence-electron chi connectivity index (χ0n) is 10.6. The molecule has 1 fully saturated rings. The van der Waals surface area contributed by atoms with Gasteiger partial charge in [0.05, 0.1) is 19.4 Å². The van der Waals surface area contributed by atoms with E-state index in [1.807, 2.05) is 25.1 Å². The minimum Gasteiger partial charge on any atom is -0.500 e. The Bertz CT molecular complexity index is 542. The van der Waals surface area contributed by atoms with Crippen molar-refractivity contribution in [1.82, 2.24) is 0 Å². The molecule has 4 nitrogen and oxygen atoms in total. The van der Waals surface area contributed by atoms with Crippen LogP contribution in [0.25, 0.3) is 0 Å². The molecule has 0 N–H and O–H groups in total. The van der Waals surface area contributed by atoms with Gasteiger partial charge in [-0.2, -0.15) is 0 Å². The Balaban J connectivity index is 2.29. The quantitative estimate of drug-likeness (QED) is 0.485. The molecule has 1 amide bonds. The Morgan fingerprint density at radius 2 is 2.26 bits per heavy atom. The molecule has 0 unspecified atom stereocenters. The summed E-state index contributed by atoms with van der Waals surface area (Å²) in [4.78, 5) is 14.2. The predicted molar refractivity (Wildman–Crippen MR) is 80.4 cm³/mol. The lowest BCUT2D eigenvalue weighted by molar-refractivity contribution is -0.113. The van der Waals surface area contributed by atoms with Crippen molar-refractivity contribution >= 4 is 39.9 Å². The second kappa shape index (κ2) is 6.08. The molecule has 100 valence electrons. The molecule has 1 heterocycles. The Hall–Kier alpha value is -1.53. The Labute approximate surface area is 121 Å². The summed E-state index contributed by atoms with van der Waals surface area (Å²) in [5, 5.41) is 0. The molecule has 0 radical (unpaired) electrons. The summed E-state index contributed by atoms with van der Waals surface area (Å²) >= 11 is 6.47. The fraction of sp³-hybridized carbons (Fsp3) is 0.231. The number of thioether (sulfide) groups is 1. The highest BCUT2D eigenvalue weighted by Gasteiger charge is 2.33. The lowest BCUT2D eigenvalue weighted by Crippen LogP contribution is -2.27. The minimum atomic E-state index is -0.170. The smallest absolute Gasteiger partial charge is 0.273 e. The summed E-state index contributed by atoms with van der Waals surface area (Å²) in [5.41, 5.74) is 0.696. The molecule has 19 heavy (non-hydrogen) atoms. The van der Waals surface area contributed by atoms with Crippen LogP contribution in [0.1, 0.15) is 6.92 Å². The second-order valence-electron chi connectivity index (χ2n) is 3.65. The maximum Gasteiger partial charge on any atom is 0.273 e. The van der Waals surface area contributed by atoms with Gasteiger partial charge >= 0.3 is 0 Å². The van der Waals surface area contributed by atoms with E-state index in [0.717, 1.165) is 0 Å². The van der Waals surface area contributed by atoms with Crippen LogP contribution in [0.4, 0.5) is 5.69 Å². The van der Waals surface area contributed by atoms with E-state index in [2.05, 4.69) is 0 Å². The van der Waals surface area contributed by atoms with E-state index in [9.17, 15) is 4.79 Å². The molecule has 1 aromatic carbocycles. The molecule has 0 aliphatic carbocycles. The summed E-state index contributed by atoms with van der Waals surface area (Å²) in [5.74, 6) is 0.511. The van der Waals surface area contributed by atoms with Crippen LogP contribution in [-0.4, -0.2) is 23.9 Å². The van der Waals surface area contributed by atoms with E-state index in [1.165, 1.54) is 22.9 Å². The molecule has 6 heteroatoms. The maximum absolute atomic E-state index is 12.3. The molecule has 1 aliphatic heterocycles. The molecule has 1 aliphatic rings. The number of thiocarbonyl (C=S) groups is 1. The molecular formula is C13H13NO3S2. The topological polar surface area (TPSA) is 38.8 Å². The summed E-state index contributed by atoms with van der Waals surface area (Å²) < 4.78 is 10.8. The van der Waals surface area contributed by atoms with E-state index < -0.39 is 0 Å². The highest BCUT2D eigenvalue weighted by molar-refractivity contribution is 8.27. The van der Waals surface area contributed by atoms with Crippen LogP contribution in [-0.2, 0) is 9.53 Å². The maximum atomic E-state index is 12.3. The van der Waals surface area contributed by atoms with E-state index in [0.29, 0.717) is 27.3 Å². The first-order valence-electron chi connectivity index (χ1n) is 5.69. The number of carbonyl (C=O) groups excluding carboxylic acids is 1. The highest BCUT2D eigenvalue weighted by Crippen LogP contribution is 2.35. The van der Waals surface area contributed by atoms with Crippen molar-refractivity contribution in [2.24, 2.45) is 0 Å². The number of carbonyl (C=O) groups is 1. The second-order valence-corrected chi connectivity index (χ2v) is 5.32. The van der Waals surface area contributed by atoms with Gasteiger partial charge in [-0.05, 0) is 19.1 Å². The average Bonchev–Trinajstić information content (AvgIpc) is 2.71. The number of nitrogens with zero attached hydrogens (tertiary/aromatic N) is 1. The van der Waals surface area contributed by atoms with Crippen LogP contribution >= 0.6 is 24.0 Å². The average molecular weight is 295 g/mol. The molecular weight excluding hydrogens is 282 g/mol. The van der Waals surface area contributed by atoms with Crippen LogP contribution in [0, 0.1) is 0 Å². The van der Waals surface area contributed by atoms with Crippen molar-refractivity contribution < 1.29 is 14.3 Å². The van der Waals surface area contributed by atoms with Gasteiger partial charge in [-0.3, -0.25) is 9.69 Å². The monoisotopic (exact) mass is 295 g/mol. The number of ether oxygens (including phenoxy) is 2. The van der Waals surface area contributed by atoms with E-state index in [4.69, 9.17) is 21.7 Å². The number of methoxy groups -OCH3 is 1. The Morgan fingerprint density at radius 1 is 1.47 bits per heavy atom. The van der Waals surface area contributed by atoms with Gasteiger partial charge < -0.3 is 9.47 Å². The van der Waals surface area contributed by atoms with Crippen LogP contribution in [0.3, 0.4) is 0 Å². The molecule has 0 spiro atoms. The molecule has 1 saturated heterocycles. The van der Waals surface area contributed by atoms with Gasteiger partial charge in [-0.15, -0.1) is 0 Å². The van der Waals surface area contributed by atoms with Gasteiger partial charge in [0.1, 0.15) is 16.9 Å². The van der Waals surface area contributed by atoms with Gasteiger partial charge in [-0.25, -0.2) is 0 Å². The molecule has 0 bridgehead atoms. The van der Waals surface area contributed by atoms with Crippen LogP contribution in [0.15, 0.2) is 35.4 Å². The molecule has 1 aromatic rings. The number of hydrogen-bond acceptors (Lipinski definition) is 5. The van der Waals surface area contributed by atoms with E-state index in [-0.39, 0.29) is 5.91 Å². The van der Waals surface area contributed by atoms with Crippen molar-refractivity contribution in [1.29, 1.82) is 0 Å². The first-order valence-corrected chi connectivity index (χ1v) is 6.92. The van der Waals surface area contributed by atoms with Gasteiger partial charge in [0.15, 0.2) is 4.32 Å². The largest absolute Gasteiger partial charge is 0.500 e. The third kappa shape index (κ3) is 2.90. The molecule has 0 atom stereocenters. The zero-order valence-corrected chi connectivity index (χ0v) is 12.2. The normalized spacial score (nSPS) is 17.2. The summed E-state index contributed by atoms with van der Waals surface area (Å²) in [6, 6.07) is 7.22. The summed E-state index contributed by atoms with van der Waals surface area (Å²) in [6.07, 6.45) is 1.46. The lowest BCUT2D eigenvalue weighted by Gasteiger charge is -2.15. The fourth-order valence-corrected chi connectivity index (χ4v) is 2.80. The van der Waals surface area contributed by atoms with E-state index in [1.54, 1.807) is 13.2 Å². The Kier molecular flexibility index (Phi) is 4.44. The molecule has 0 aromatic heterocycles. The van der Waals surface area contributed by atoms with Crippen molar-refractivity contribution in [3.05, 3.63) is 35.4 Å². The first-order chi connectivity index (χ1) is 9.17. The number of amides is 1. The number of rotatable bonds is 4. The predicted octanol–water partition coefficient (Wildman–Crippen LogP) is 2.94. The van der Waals surface area contributed by atoms with Crippen molar-refractivity contribution in [3.63, 3.8) is 0 Å². The minimum absolute atomic E-state index is 0.170. The molecule has 2 rings (SSSR count). The standard InChI is InChI=1S/C13H13NO3S2/c1-3-17-8-11-12(15)14(13(18)19-11)9-5-4-6-10(7-9)16-2/h4-8H,3H2,1-2H3/b11-8+. The fourth-order valence-electron chi connectivity index (χ4n) is 1.58. The SMILES string of the molecule is CCO/C=C1/SC(=S)N(c2cccc(OC)c2)C1=O. The Morgan fingerprint density at radius 3 is 2.95 bits per heavy atom. The van der Waals surface area contributed by atoms with Gasteiger partial charge in [-0.1, -0.05) is 30.0 Å². The van der Waals surface area contributed by atoms with Gasteiger partial charge in [0, 0.05) is 6.07 Å². The zero-order chi connectivity index (χ0) is 13.8. The third-order valence-electron chi connectivity index (χ3n) is 2.46. The summed E-state index contributed by atoms with van der Waals surface area (Å²) in [7, 11) is 1.58. The van der Waals surface area contributed by atoms with Crippen LogP contribution in [0.5, 0.6) is 5.75 Å². The van der Waals surface area contributed by atoms with E-state index >= 15 is 0 Å². The van der Waals surface area contributed by atoms with Gasteiger partial charge in [0.2, 0.25) is 0 Å². The molecule has 0 saturated carbocycles. The van der Waals surface area contributed by atoms with Crippen LogP contribution < -0.4 is 9.64 Å². The third-order valence-corrected chi connectivity index (χ3v) is 3.74. The highest BCUT2D eigenvalue weighted by atomic mass is 32.2. The van der Waals surface area contributed by atoms with Crippen molar-refractivity contribution in [2.75, 3.05) is 18.6 Å². The van der Waals surface area contributed by atoms with Crippen molar-refractivity contribution in [2.45, 2.75) is 6.92 Å². The van der Waals surface area contributed by atoms with Crippen molar-refractivity contribution in [3.8, 4) is 5.75 Å². The number of anilines is 1. The van der Waals surface area contributed by atoms with Crippen LogP contribution in [0.2, 0.25) is 0 Å².